The van der Waals surface area contributed by atoms with Gasteiger partial charge in [-0.1, -0.05) is 76.1 Å². The molecule has 0 aromatic heterocycles. The van der Waals surface area contributed by atoms with E-state index >= 15 is 0 Å². The van der Waals surface area contributed by atoms with Gasteiger partial charge in [-0.2, -0.15) is 0 Å². The zero-order chi connectivity index (χ0) is 25.8. The molecule has 2 aromatic carbocycles. The summed E-state index contributed by atoms with van der Waals surface area (Å²) in [6.07, 6.45) is 2.10. The van der Waals surface area contributed by atoms with Gasteiger partial charge < -0.3 is 26.8 Å². The van der Waals surface area contributed by atoms with Crippen molar-refractivity contribution in [3.8, 4) is 5.75 Å². The van der Waals surface area contributed by atoms with Crippen molar-refractivity contribution in [3.63, 3.8) is 0 Å². The molecule has 8 heteroatoms. The molecule has 6 N–H and O–H groups in total. The van der Waals surface area contributed by atoms with E-state index in [-0.39, 0.29) is 24.0 Å². The zero-order valence-corrected chi connectivity index (χ0v) is 20.8. The molecule has 0 radical (unpaired) electrons. The van der Waals surface area contributed by atoms with Crippen LogP contribution in [-0.2, 0) is 27.3 Å². The van der Waals surface area contributed by atoms with Gasteiger partial charge in [0.15, 0.2) is 0 Å². The molecule has 0 saturated carbocycles. The number of nitrogens with two attached hydrogens (primary N) is 1. The SMILES string of the molecule is CCC[C@H](N)C(=O)N[C@@H](Cc1ccc(O)cc1)C(=O)N[C@H](C(=O)NCc1ccccc1)C(C)CC. The summed E-state index contributed by atoms with van der Waals surface area (Å²) in [5.74, 6) is -1.18. The third kappa shape index (κ3) is 9.05. The van der Waals surface area contributed by atoms with E-state index in [9.17, 15) is 19.5 Å². The van der Waals surface area contributed by atoms with E-state index < -0.39 is 29.9 Å². The number of nitrogens with one attached hydrogen (secondary N) is 3. The number of hydrogen-bond acceptors (Lipinski definition) is 5. The van der Waals surface area contributed by atoms with Crippen molar-refractivity contribution in [2.24, 2.45) is 11.7 Å². The summed E-state index contributed by atoms with van der Waals surface area (Å²) in [6, 6.07) is 13.5. The lowest BCUT2D eigenvalue weighted by atomic mass is 9.97. The van der Waals surface area contributed by atoms with Crippen LogP contribution in [0.25, 0.3) is 0 Å². The molecule has 0 aliphatic heterocycles. The molecule has 1 unspecified atom stereocenters. The Bertz CT molecular complexity index is 949. The second kappa shape index (κ2) is 14.1. The average molecular weight is 483 g/mol. The highest BCUT2D eigenvalue weighted by molar-refractivity contribution is 5.93. The number of amides is 3. The standard InChI is InChI=1S/C27H38N4O4/c1-4-9-22(28)25(33)30-23(16-19-12-14-21(32)15-13-19)26(34)31-24(18(3)5-2)27(35)29-17-20-10-7-6-8-11-20/h6-8,10-15,18,22-24,32H,4-5,9,16-17,28H2,1-3H3,(H,29,35)(H,30,33)(H,31,34)/t18?,22-,23-,24-/m0/s1. The van der Waals surface area contributed by atoms with Crippen LogP contribution in [0.2, 0.25) is 0 Å². The fourth-order valence-corrected chi connectivity index (χ4v) is 3.65. The molecule has 190 valence electrons. The van der Waals surface area contributed by atoms with Crippen molar-refractivity contribution >= 4 is 17.7 Å². The molecule has 0 fully saturated rings. The van der Waals surface area contributed by atoms with Gasteiger partial charge in [-0.25, -0.2) is 0 Å². The Kier molecular flexibility index (Phi) is 11.2. The van der Waals surface area contributed by atoms with Crippen LogP contribution >= 0.6 is 0 Å². The normalized spacial score (nSPS) is 14.3. The molecule has 0 spiro atoms. The van der Waals surface area contributed by atoms with E-state index in [0.29, 0.717) is 19.4 Å². The minimum atomic E-state index is -0.927. The second-order valence-electron chi connectivity index (χ2n) is 8.90. The van der Waals surface area contributed by atoms with Crippen molar-refractivity contribution < 1.29 is 19.5 Å². The third-order valence-corrected chi connectivity index (χ3v) is 6.05. The van der Waals surface area contributed by atoms with Gasteiger partial charge in [0, 0.05) is 13.0 Å². The van der Waals surface area contributed by atoms with E-state index in [1.54, 1.807) is 12.1 Å². The Morgan fingerprint density at radius 3 is 2.14 bits per heavy atom. The summed E-state index contributed by atoms with van der Waals surface area (Å²) < 4.78 is 0. The fourth-order valence-electron chi connectivity index (χ4n) is 3.65. The molecule has 2 rings (SSSR count). The molecule has 0 aliphatic rings. The van der Waals surface area contributed by atoms with Crippen LogP contribution in [0, 0.1) is 5.92 Å². The highest BCUT2D eigenvalue weighted by Crippen LogP contribution is 2.13. The minimum Gasteiger partial charge on any atom is -0.508 e. The molecule has 3 amide bonds. The Balaban J connectivity index is 2.17. The molecular formula is C27H38N4O4. The fraction of sp³-hybridized carbons (Fsp3) is 0.444. The predicted molar refractivity (Wildman–Crippen MR) is 136 cm³/mol. The molecular weight excluding hydrogens is 444 g/mol. The van der Waals surface area contributed by atoms with Crippen molar-refractivity contribution in [2.45, 2.75) is 71.1 Å². The lowest BCUT2D eigenvalue weighted by Gasteiger charge is -2.27. The van der Waals surface area contributed by atoms with Crippen molar-refractivity contribution in [3.05, 3.63) is 65.7 Å². The first-order chi connectivity index (χ1) is 16.7. The molecule has 35 heavy (non-hydrogen) atoms. The van der Waals surface area contributed by atoms with Crippen LogP contribution in [0.5, 0.6) is 5.75 Å². The summed E-state index contributed by atoms with van der Waals surface area (Å²) >= 11 is 0. The quantitative estimate of drug-likeness (QED) is 0.299. The van der Waals surface area contributed by atoms with Gasteiger partial charge in [-0.3, -0.25) is 14.4 Å². The van der Waals surface area contributed by atoms with E-state index in [4.69, 9.17) is 5.73 Å². The topological polar surface area (TPSA) is 134 Å². The maximum atomic E-state index is 13.3. The van der Waals surface area contributed by atoms with Crippen LogP contribution in [0.4, 0.5) is 0 Å². The summed E-state index contributed by atoms with van der Waals surface area (Å²) in [5, 5.41) is 18.1. The molecule has 0 heterocycles. The smallest absolute Gasteiger partial charge is 0.243 e. The molecule has 4 atom stereocenters. The summed E-state index contributed by atoms with van der Waals surface area (Å²) in [7, 11) is 0. The van der Waals surface area contributed by atoms with Crippen LogP contribution in [0.1, 0.15) is 51.2 Å². The summed E-state index contributed by atoms with van der Waals surface area (Å²) in [6.45, 7) is 6.13. The highest BCUT2D eigenvalue weighted by Gasteiger charge is 2.30. The Hall–Kier alpha value is -3.39. The largest absolute Gasteiger partial charge is 0.508 e. The van der Waals surface area contributed by atoms with Crippen LogP contribution in [-0.4, -0.2) is 41.0 Å². The molecule has 0 aliphatic carbocycles. The molecule has 2 aromatic rings. The van der Waals surface area contributed by atoms with Crippen molar-refractivity contribution in [1.82, 2.24) is 16.0 Å². The van der Waals surface area contributed by atoms with Gasteiger partial charge in [-0.05, 0) is 35.6 Å². The lowest BCUT2D eigenvalue weighted by Crippen LogP contribution is -2.57. The number of rotatable bonds is 13. The monoisotopic (exact) mass is 482 g/mol. The number of carbonyl (C=O) groups is 3. The number of benzene rings is 2. The zero-order valence-electron chi connectivity index (χ0n) is 20.8. The number of hydrogen-bond donors (Lipinski definition) is 5. The first-order valence-corrected chi connectivity index (χ1v) is 12.2. The molecule has 8 nitrogen and oxygen atoms in total. The van der Waals surface area contributed by atoms with Crippen LogP contribution in [0.15, 0.2) is 54.6 Å². The second-order valence-corrected chi connectivity index (χ2v) is 8.90. The predicted octanol–water partition coefficient (Wildman–Crippen LogP) is 2.39. The van der Waals surface area contributed by atoms with Gasteiger partial charge in [0.25, 0.3) is 0 Å². The summed E-state index contributed by atoms with van der Waals surface area (Å²) in [4.78, 5) is 39.0. The Labute approximate surface area is 207 Å². The maximum absolute atomic E-state index is 13.3. The van der Waals surface area contributed by atoms with Gasteiger partial charge in [0.1, 0.15) is 17.8 Å². The highest BCUT2D eigenvalue weighted by atomic mass is 16.3. The number of aromatic hydroxyl groups is 1. The average Bonchev–Trinajstić information content (AvgIpc) is 2.86. The maximum Gasteiger partial charge on any atom is 0.243 e. The minimum absolute atomic E-state index is 0.107. The van der Waals surface area contributed by atoms with Crippen molar-refractivity contribution in [2.75, 3.05) is 0 Å². The van der Waals surface area contributed by atoms with Gasteiger partial charge >= 0.3 is 0 Å². The first kappa shape index (κ1) is 27.9. The van der Waals surface area contributed by atoms with Gasteiger partial charge in [0.2, 0.25) is 17.7 Å². The van der Waals surface area contributed by atoms with Crippen LogP contribution in [0.3, 0.4) is 0 Å². The first-order valence-electron chi connectivity index (χ1n) is 12.2. The van der Waals surface area contributed by atoms with Crippen LogP contribution < -0.4 is 21.7 Å². The van der Waals surface area contributed by atoms with E-state index in [1.807, 2.05) is 51.1 Å². The Morgan fingerprint density at radius 2 is 1.54 bits per heavy atom. The van der Waals surface area contributed by atoms with E-state index in [2.05, 4.69) is 16.0 Å². The lowest BCUT2D eigenvalue weighted by molar-refractivity contribution is -0.133. The molecule has 0 bridgehead atoms. The number of carbonyl (C=O) groups excluding carboxylic acids is 3. The van der Waals surface area contributed by atoms with E-state index in [1.165, 1.54) is 12.1 Å². The molecule has 0 saturated heterocycles. The van der Waals surface area contributed by atoms with Gasteiger partial charge in [0.05, 0.1) is 6.04 Å². The number of phenols is 1. The van der Waals surface area contributed by atoms with Crippen molar-refractivity contribution in [1.29, 1.82) is 0 Å². The summed E-state index contributed by atoms with van der Waals surface area (Å²) in [5.41, 5.74) is 7.67. The third-order valence-electron chi connectivity index (χ3n) is 6.05. The number of phenolic OH excluding ortho intramolecular Hbond substituents is 1. The van der Waals surface area contributed by atoms with Gasteiger partial charge in [-0.15, -0.1) is 0 Å². The Morgan fingerprint density at radius 1 is 0.886 bits per heavy atom. The van der Waals surface area contributed by atoms with E-state index in [0.717, 1.165) is 17.5 Å².